The van der Waals surface area contributed by atoms with Gasteiger partial charge in [-0.2, -0.15) is 0 Å². The van der Waals surface area contributed by atoms with Crippen LogP contribution in [0.5, 0.6) is 5.75 Å². The summed E-state index contributed by atoms with van der Waals surface area (Å²) in [4.78, 5) is 0. The zero-order valence-electron chi connectivity index (χ0n) is 11.5. The highest BCUT2D eigenvalue weighted by atomic mass is 79.9. The van der Waals surface area contributed by atoms with Gasteiger partial charge in [-0.1, -0.05) is 33.6 Å². The molecule has 1 unspecified atom stereocenters. The van der Waals surface area contributed by atoms with Crippen LogP contribution in [-0.4, -0.2) is 7.11 Å². The molecule has 2 aromatic rings. The molecule has 0 heterocycles. The minimum absolute atomic E-state index is 0.279. The van der Waals surface area contributed by atoms with Crippen molar-refractivity contribution in [3.63, 3.8) is 0 Å². The van der Waals surface area contributed by atoms with Crippen LogP contribution >= 0.6 is 39.1 Å². The van der Waals surface area contributed by atoms with Crippen molar-refractivity contribution >= 4 is 39.1 Å². The zero-order chi connectivity index (χ0) is 14.9. The third-order valence-electron chi connectivity index (χ3n) is 3.29. The molecule has 0 aliphatic carbocycles. The van der Waals surface area contributed by atoms with Crippen LogP contribution in [0.1, 0.15) is 27.6 Å². The third-order valence-corrected chi connectivity index (χ3v) is 4.85. The number of hydrogen-bond acceptors (Lipinski definition) is 1. The largest absolute Gasteiger partial charge is 0.496 e. The first kappa shape index (κ1) is 15.7. The Labute approximate surface area is 138 Å². The highest BCUT2D eigenvalue weighted by molar-refractivity contribution is 9.10. The Hall–Kier alpha value is -0.700. The maximum absolute atomic E-state index is 6.65. The van der Waals surface area contributed by atoms with E-state index in [1.54, 1.807) is 7.11 Å². The average molecular weight is 374 g/mol. The Kier molecular flexibility index (Phi) is 5.00. The van der Waals surface area contributed by atoms with E-state index in [4.69, 9.17) is 27.9 Å². The molecule has 0 amide bonds. The molecule has 2 aromatic carbocycles. The third kappa shape index (κ3) is 3.13. The maximum atomic E-state index is 6.65. The van der Waals surface area contributed by atoms with Crippen molar-refractivity contribution in [2.24, 2.45) is 0 Å². The normalized spacial score (nSPS) is 12.3. The number of hydrogen-bond donors (Lipinski definition) is 0. The van der Waals surface area contributed by atoms with Crippen molar-refractivity contribution in [3.05, 3.63) is 62.1 Å². The minimum Gasteiger partial charge on any atom is -0.496 e. The van der Waals surface area contributed by atoms with Gasteiger partial charge in [0.2, 0.25) is 0 Å². The van der Waals surface area contributed by atoms with E-state index in [9.17, 15) is 0 Å². The molecule has 0 spiro atoms. The van der Waals surface area contributed by atoms with Crippen molar-refractivity contribution < 1.29 is 4.74 Å². The first-order chi connectivity index (χ1) is 9.43. The molecule has 0 aromatic heterocycles. The molecule has 0 aliphatic rings. The van der Waals surface area contributed by atoms with E-state index in [2.05, 4.69) is 15.9 Å². The van der Waals surface area contributed by atoms with Crippen LogP contribution in [0.2, 0.25) is 5.02 Å². The van der Waals surface area contributed by atoms with E-state index >= 15 is 0 Å². The van der Waals surface area contributed by atoms with Gasteiger partial charge in [-0.15, -0.1) is 11.6 Å². The number of methoxy groups -OCH3 is 1. The summed E-state index contributed by atoms with van der Waals surface area (Å²) < 4.78 is 6.48. The molecule has 1 nitrogen and oxygen atoms in total. The molecule has 0 aliphatic heterocycles. The van der Waals surface area contributed by atoms with Crippen LogP contribution in [0.3, 0.4) is 0 Å². The second-order valence-electron chi connectivity index (χ2n) is 4.71. The predicted molar refractivity (Wildman–Crippen MR) is 89.3 cm³/mol. The van der Waals surface area contributed by atoms with Crippen LogP contribution in [0, 0.1) is 13.8 Å². The van der Waals surface area contributed by atoms with E-state index in [1.165, 1.54) is 0 Å². The van der Waals surface area contributed by atoms with E-state index in [-0.39, 0.29) is 5.38 Å². The second kappa shape index (κ2) is 6.38. The summed E-state index contributed by atoms with van der Waals surface area (Å²) in [5, 5.41) is 0.436. The molecule has 20 heavy (non-hydrogen) atoms. The lowest BCUT2D eigenvalue weighted by molar-refractivity contribution is 0.409. The van der Waals surface area contributed by atoms with Crippen molar-refractivity contribution in [3.8, 4) is 5.75 Å². The highest BCUT2D eigenvalue weighted by Gasteiger charge is 2.19. The number of halogens is 3. The SMILES string of the molecule is COc1cc(C)c(Br)cc1C(Cl)c1ccc(Cl)cc1C. The van der Waals surface area contributed by atoms with Gasteiger partial charge >= 0.3 is 0 Å². The fourth-order valence-electron chi connectivity index (χ4n) is 2.14. The predicted octanol–water partition coefficient (Wildman–Crippen LogP) is 6.06. The summed E-state index contributed by atoms with van der Waals surface area (Å²) >= 11 is 16.2. The summed E-state index contributed by atoms with van der Waals surface area (Å²) in [5.41, 5.74) is 4.15. The molecule has 1 atom stereocenters. The van der Waals surface area contributed by atoms with Crippen LogP contribution < -0.4 is 4.74 Å². The molecule has 4 heteroatoms. The topological polar surface area (TPSA) is 9.23 Å². The van der Waals surface area contributed by atoms with Gasteiger partial charge in [0.1, 0.15) is 5.75 Å². The highest BCUT2D eigenvalue weighted by Crippen LogP contribution is 2.39. The molecule has 0 fully saturated rings. The fourth-order valence-corrected chi connectivity index (χ4v) is 3.14. The first-order valence-corrected chi connectivity index (χ1v) is 7.79. The summed E-state index contributed by atoms with van der Waals surface area (Å²) in [5.74, 6) is 0.792. The van der Waals surface area contributed by atoms with Crippen molar-refractivity contribution in [2.45, 2.75) is 19.2 Å². The molecular weight excluding hydrogens is 359 g/mol. The molecule has 0 N–H and O–H groups in total. The molecule has 0 saturated heterocycles. The van der Waals surface area contributed by atoms with Crippen LogP contribution in [0.4, 0.5) is 0 Å². The molecular formula is C16H15BrCl2O. The molecule has 0 saturated carbocycles. The molecule has 0 radical (unpaired) electrons. The maximum Gasteiger partial charge on any atom is 0.124 e. The number of aryl methyl sites for hydroxylation is 2. The van der Waals surface area contributed by atoms with E-state index < -0.39 is 0 Å². The van der Waals surface area contributed by atoms with E-state index in [0.717, 1.165) is 32.5 Å². The van der Waals surface area contributed by atoms with Crippen molar-refractivity contribution in [2.75, 3.05) is 7.11 Å². The van der Waals surface area contributed by atoms with Gasteiger partial charge in [0.05, 0.1) is 12.5 Å². The summed E-state index contributed by atoms with van der Waals surface area (Å²) in [6.45, 7) is 4.03. The Morgan fingerprint density at radius 2 is 1.75 bits per heavy atom. The van der Waals surface area contributed by atoms with E-state index in [1.807, 2.05) is 44.2 Å². The van der Waals surface area contributed by atoms with Gasteiger partial charge in [-0.05, 0) is 54.8 Å². The lowest BCUT2D eigenvalue weighted by atomic mass is 9.98. The summed E-state index contributed by atoms with van der Waals surface area (Å²) in [7, 11) is 1.66. The van der Waals surface area contributed by atoms with Crippen LogP contribution in [0.15, 0.2) is 34.8 Å². The van der Waals surface area contributed by atoms with Gasteiger partial charge in [-0.3, -0.25) is 0 Å². The van der Waals surface area contributed by atoms with Gasteiger partial charge < -0.3 is 4.74 Å². The van der Waals surface area contributed by atoms with Crippen molar-refractivity contribution in [1.82, 2.24) is 0 Å². The number of alkyl halides is 1. The smallest absolute Gasteiger partial charge is 0.124 e. The Balaban J connectivity index is 2.52. The zero-order valence-corrected chi connectivity index (χ0v) is 14.6. The standard InChI is InChI=1S/C16H15BrCl2O/c1-9-6-11(18)4-5-12(9)16(19)13-8-14(17)10(2)7-15(13)20-3/h4-8,16H,1-3H3. The number of ether oxygens (including phenoxy) is 1. The summed E-state index contributed by atoms with van der Waals surface area (Å²) in [6.07, 6.45) is 0. The fraction of sp³-hybridized carbons (Fsp3) is 0.250. The monoisotopic (exact) mass is 372 g/mol. The average Bonchev–Trinajstić information content (AvgIpc) is 2.40. The number of benzene rings is 2. The van der Waals surface area contributed by atoms with Crippen LogP contribution in [0.25, 0.3) is 0 Å². The van der Waals surface area contributed by atoms with Gasteiger partial charge in [0, 0.05) is 15.1 Å². The quantitative estimate of drug-likeness (QED) is 0.594. The molecule has 106 valence electrons. The lowest BCUT2D eigenvalue weighted by Crippen LogP contribution is -2.00. The second-order valence-corrected chi connectivity index (χ2v) is 6.43. The van der Waals surface area contributed by atoms with Crippen molar-refractivity contribution in [1.29, 1.82) is 0 Å². The van der Waals surface area contributed by atoms with Gasteiger partial charge in [0.15, 0.2) is 0 Å². The summed E-state index contributed by atoms with van der Waals surface area (Å²) in [6, 6.07) is 9.74. The molecule has 0 bridgehead atoms. The Morgan fingerprint density at radius 3 is 2.35 bits per heavy atom. The van der Waals surface area contributed by atoms with Gasteiger partial charge in [-0.25, -0.2) is 0 Å². The number of rotatable bonds is 3. The minimum atomic E-state index is -0.279. The Bertz CT molecular complexity index is 641. The van der Waals surface area contributed by atoms with E-state index in [0.29, 0.717) is 5.02 Å². The first-order valence-electron chi connectivity index (χ1n) is 6.18. The Morgan fingerprint density at radius 1 is 1.05 bits per heavy atom. The van der Waals surface area contributed by atoms with Gasteiger partial charge in [0.25, 0.3) is 0 Å². The van der Waals surface area contributed by atoms with Crippen LogP contribution in [-0.2, 0) is 0 Å². The lowest BCUT2D eigenvalue weighted by Gasteiger charge is -2.18. The molecule has 2 rings (SSSR count).